The largest absolute Gasteiger partial charge is 0.485 e. The highest BCUT2D eigenvalue weighted by Gasteiger charge is 2.25. The van der Waals surface area contributed by atoms with Gasteiger partial charge in [-0.25, -0.2) is 14.5 Å². The van der Waals surface area contributed by atoms with Crippen LogP contribution in [0.15, 0.2) is 116 Å². The van der Waals surface area contributed by atoms with E-state index >= 15 is 0 Å². The van der Waals surface area contributed by atoms with Gasteiger partial charge in [-0.05, 0) is 47.7 Å². The number of nitrogens with zero attached hydrogens (tertiary/aromatic N) is 5. The standard InChI is InChI=1S/C35H29N5O/c1-24-13-12-20-29(25(24)2)41-22-30-37-35-32-31(27-16-8-4-9-17-27)33(28-18-10-5-11-19-28)39(21-26-14-6-3-7-15-26)34(32)36-23-40(35)38-30/h3-20,23H,21-22H2,1-2H3. The topological polar surface area (TPSA) is 57.2 Å². The average molecular weight is 536 g/mol. The fourth-order valence-corrected chi connectivity index (χ4v) is 5.47. The summed E-state index contributed by atoms with van der Waals surface area (Å²) in [5.41, 5.74) is 9.57. The van der Waals surface area contributed by atoms with Crippen LogP contribution in [0.1, 0.15) is 22.5 Å². The highest BCUT2D eigenvalue weighted by atomic mass is 16.5. The Kier molecular flexibility index (Phi) is 6.28. The molecule has 41 heavy (non-hydrogen) atoms. The summed E-state index contributed by atoms with van der Waals surface area (Å²) in [4.78, 5) is 10.0. The summed E-state index contributed by atoms with van der Waals surface area (Å²) in [6.07, 6.45) is 1.76. The smallest absolute Gasteiger partial charge is 0.189 e. The van der Waals surface area contributed by atoms with Crippen molar-refractivity contribution in [1.82, 2.24) is 24.1 Å². The fraction of sp³-hybridized carbons (Fsp3) is 0.114. The van der Waals surface area contributed by atoms with Crippen LogP contribution in [0, 0.1) is 13.8 Å². The van der Waals surface area contributed by atoms with Crippen LogP contribution >= 0.6 is 0 Å². The molecular weight excluding hydrogens is 506 g/mol. The third-order valence-corrected chi connectivity index (χ3v) is 7.63. The van der Waals surface area contributed by atoms with Gasteiger partial charge in [0.15, 0.2) is 11.5 Å². The molecule has 0 bridgehead atoms. The van der Waals surface area contributed by atoms with Crippen molar-refractivity contribution in [2.24, 2.45) is 0 Å². The highest BCUT2D eigenvalue weighted by molar-refractivity contribution is 6.09. The van der Waals surface area contributed by atoms with E-state index in [0.717, 1.165) is 50.4 Å². The zero-order valence-corrected chi connectivity index (χ0v) is 23.0. The number of fused-ring (bicyclic) bond motifs is 3. The summed E-state index contributed by atoms with van der Waals surface area (Å²) in [5.74, 6) is 1.45. The van der Waals surface area contributed by atoms with Gasteiger partial charge in [-0.2, -0.15) is 0 Å². The van der Waals surface area contributed by atoms with Gasteiger partial charge in [0.25, 0.3) is 0 Å². The number of aryl methyl sites for hydroxylation is 1. The van der Waals surface area contributed by atoms with Crippen molar-refractivity contribution < 1.29 is 4.74 Å². The zero-order valence-electron chi connectivity index (χ0n) is 23.0. The van der Waals surface area contributed by atoms with Crippen LogP contribution in [-0.4, -0.2) is 24.1 Å². The van der Waals surface area contributed by atoms with Crippen molar-refractivity contribution in [3.8, 4) is 28.1 Å². The van der Waals surface area contributed by atoms with Gasteiger partial charge in [-0.3, -0.25) is 0 Å². The minimum Gasteiger partial charge on any atom is -0.485 e. The van der Waals surface area contributed by atoms with E-state index in [1.165, 1.54) is 11.1 Å². The molecule has 0 atom stereocenters. The van der Waals surface area contributed by atoms with Gasteiger partial charge in [0.1, 0.15) is 24.3 Å². The van der Waals surface area contributed by atoms with Crippen LogP contribution in [0.5, 0.6) is 5.75 Å². The van der Waals surface area contributed by atoms with Crippen molar-refractivity contribution in [2.45, 2.75) is 27.0 Å². The predicted molar refractivity (Wildman–Crippen MR) is 163 cm³/mol. The Morgan fingerprint density at radius 3 is 2.12 bits per heavy atom. The zero-order chi connectivity index (χ0) is 27.8. The molecule has 0 fully saturated rings. The normalized spacial score (nSPS) is 11.4. The van der Waals surface area contributed by atoms with E-state index in [-0.39, 0.29) is 6.61 Å². The van der Waals surface area contributed by atoms with Gasteiger partial charge in [0.05, 0.1) is 11.1 Å². The first-order valence-electron chi connectivity index (χ1n) is 13.8. The quantitative estimate of drug-likeness (QED) is 0.210. The molecule has 0 spiro atoms. The summed E-state index contributed by atoms with van der Waals surface area (Å²) < 4.78 is 10.3. The molecule has 0 aliphatic rings. The molecule has 200 valence electrons. The second kappa shape index (κ2) is 10.4. The van der Waals surface area contributed by atoms with Crippen molar-refractivity contribution in [1.29, 1.82) is 0 Å². The van der Waals surface area contributed by atoms with E-state index in [1.807, 2.05) is 30.3 Å². The molecule has 0 aliphatic heterocycles. The van der Waals surface area contributed by atoms with E-state index in [0.29, 0.717) is 12.4 Å². The Bertz CT molecular complexity index is 1980. The Morgan fingerprint density at radius 1 is 0.707 bits per heavy atom. The first kappa shape index (κ1) is 24.8. The van der Waals surface area contributed by atoms with E-state index in [2.05, 4.69) is 97.3 Å². The molecule has 3 heterocycles. The van der Waals surface area contributed by atoms with Gasteiger partial charge in [0, 0.05) is 12.1 Å². The van der Waals surface area contributed by atoms with Gasteiger partial charge >= 0.3 is 0 Å². The molecular formula is C35H29N5O. The first-order chi connectivity index (χ1) is 20.2. The molecule has 0 amide bonds. The van der Waals surface area contributed by atoms with Gasteiger partial charge in [-0.1, -0.05) is 103 Å². The summed E-state index contributed by atoms with van der Waals surface area (Å²) in [7, 11) is 0. The van der Waals surface area contributed by atoms with Gasteiger partial charge in [-0.15, -0.1) is 5.10 Å². The average Bonchev–Trinajstić information content (AvgIpc) is 3.58. The van der Waals surface area contributed by atoms with Crippen LogP contribution in [0.3, 0.4) is 0 Å². The van der Waals surface area contributed by atoms with Gasteiger partial charge in [0.2, 0.25) is 0 Å². The number of ether oxygens (including phenoxy) is 1. The van der Waals surface area contributed by atoms with Crippen LogP contribution in [0.2, 0.25) is 0 Å². The minimum absolute atomic E-state index is 0.268. The Morgan fingerprint density at radius 2 is 1.39 bits per heavy atom. The van der Waals surface area contributed by atoms with Crippen LogP contribution < -0.4 is 4.74 Å². The number of hydrogen-bond donors (Lipinski definition) is 0. The first-order valence-corrected chi connectivity index (χ1v) is 13.8. The molecule has 0 aliphatic carbocycles. The summed E-state index contributed by atoms with van der Waals surface area (Å²) >= 11 is 0. The Labute approximate surface area is 238 Å². The third-order valence-electron chi connectivity index (χ3n) is 7.63. The second-order valence-corrected chi connectivity index (χ2v) is 10.3. The lowest BCUT2D eigenvalue weighted by Gasteiger charge is -2.13. The highest BCUT2D eigenvalue weighted by Crippen LogP contribution is 2.42. The lowest BCUT2D eigenvalue weighted by atomic mass is 9.99. The molecule has 0 radical (unpaired) electrons. The molecule has 6 nitrogen and oxygen atoms in total. The van der Waals surface area contributed by atoms with Gasteiger partial charge < -0.3 is 9.30 Å². The molecule has 0 N–H and O–H groups in total. The monoisotopic (exact) mass is 535 g/mol. The van der Waals surface area contributed by atoms with Crippen molar-refractivity contribution >= 4 is 16.7 Å². The van der Waals surface area contributed by atoms with Crippen LogP contribution in [0.4, 0.5) is 0 Å². The fourth-order valence-electron chi connectivity index (χ4n) is 5.47. The molecule has 0 saturated carbocycles. The Hall–Kier alpha value is -5.23. The van der Waals surface area contributed by atoms with Crippen LogP contribution in [-0.2, 0) is 13.2 Å². The number of hydrogen-bond acceptors (Lipinski definition) is 4. The molecule has 4 aromatic carbocycles. The molecule has 6 heteroatoms. The maximum absolute atomic E-state index is 6.17. The predicted octanol–water partition coefficient (Wildman–Crippen LogP) is 7.66. The summed E-state index contributed by atoms with van der Waals surface area (Å²) in [6, 6.07) is 37.6. The summed E-state index contributed by atoms with van der Waals surface area (Å²) in [6.45, 7) is 5.10. The van der Waals surface area contributed by atoms with Crippen molar-refractivity contribution in [3.05, 3.63) is 138 Å². The SMILES string of the molecule is Cc1cccc(OCc2nc3c4c(-c5ccccc5)c(-c5ccccc5)n(Cc5ccccc5)c4ncn3n2)c1C. The number of benzene rings is 4. The second-order valence-electron chi connectivity index (χ2n) is 10.3. The third kappa shape index (κ3) is 4.53. The van der Waals surface area contributed by atoms with E-state index in [9.17, 15) is 0 Å². The molecule has 7 aromatic rings. The van der Waals surface area contributed by atoms with E-state index in [1.54, 1.807) is 10.8 Å². The summed E-state index contributed by atoms with van der Waals surface area (Å²) in [5, 5.41) is 5.74. The van der Waals surface area contributed by atoms with E-state index < -0.39 is 0 Å². The molecule has 0 saturated heterocycles. The molecule has 0 unspecified atom stereocenters. The minimum atomic E-state index is 0.268. The molecule has 7 rings (SSSR count). The molecule has 3 aromatic heterocycles. The number of aromatic nitrogens is 5. The van der Waals surface area contributed by atoms with Crippen molar-refractivity contribution in [3.63, 3.8) is 0 Å². The maximum atomic E-state index is 6.17. The van der Waals surface area contributed by atoms with Crippen LogP contribution in [0.25, 0.3) is 39.1 Å². The van der Waals surface area contributed by atoms with E-state index in [4.69, 9.17) is 19.8 Å². The lowest BCUT2D eigenvalue weighted by molar-refractivity contribution is 0.294. The maximum Gasteiger partial charge on any atom is 0.189 e. The Balaban J connectivity index is 1.46. The number of rotatable bonds is 7. The lowest BCUT2D eigenvalue weighted by Crippen LogP contribution is -2.03. The van der Waals surface area contributed by atoms with Crippen molar-refractivity contribution in [2.75, 3.05) is 0 Å².